The molecule has 0 spiro atoms. The van der Waals surface area contributed by atoms with Crippen molar-refractivity contribution in [2.75, 3.05) is 24.0 Å². The third-order valence-corrected chi connectivity index (χ3v) is 5.75. The summed E-state index contributed by atoms with van der Waals surface area (Å²) in [6, 6.07) is 8.83. The van der Waals surface area contributed by atoms with Crippen molar-refractivity contribution in [2.24, 2.45) is 0 Å². The zero-order chi connectivity index (χ0) is 21.2. The van der Waals surface area contributed by atoms with Crippen molar-refractivity contribution in [3.8, 4) is 11.8 Å². The summed E-state index contributed by atoms with van der Waals surface area (Å²) in [7, 11) is -1.87. The van der Waals surface area contributed by atoms with Crippen molar-refractivity contribution >= 4 is 38.1 Å². The van der Waals surface area contributed by atoms with Crippen LogP contribution < -0.4 is 15.4 Å². The maximum atomic E-state index is 11.8. The van der Waals surface area contributed by atoms with Crippen LogP contribution in [0, 0.1) is 11.3 Å². The zero-order valence-electron chi connectivity index (χ0n) is 16.7. The minimum absolute atomic E-state index is 0.172. The lowest BCUT2D eigenvalue weighted by Gasteiger charge is -2.17. The minimum atomic E-state index is -3.35. The van der Waals surface area contributed by atoms with Crippen molar-refractivity contribution in [1.82, 2.24) is 9.97 Å². The number of fused-ring (bicyclic) bond motifs is 1. The molecular weight excluding hydrogens is 390 g/mol. The number of aromatic amines is 1. The third-order valence-electron chi connectivity index (χ3n) is 4.64. The van der Waals surface area contributed by atoms with Crippen LogP contribution in [0.25, 0.3) is 11.0 Å². The molecule has 0 radical (unpaired) electrons. The summed E-state index contributed by atoms with van der Waals surface area (Å²) in [5, 5.41) is 16.7. The number of sulfone groups is 1. The summed E-state index contributed by atoms with van der Waals surface area (Å²) in [5.74, 6) is 0.913. The number of rotatable bonds is 7. The van der Waals surface area contributed by atoms with Gasteiger partial charge in [0.2, 0.25) is 0 Å². The quantitative estimate of drug-likeness (QED) is 0.539. The van der Waals surface area contributed by atoms with Crippen LogP contribution in [-0.2, 0) is 9.84 Å². The average molecular weight is 414 g/mol. The number of methoxy groups -OCH3 is 1. The van der Waals surface area contributed by atoms with E-state index in [0.29, 0.717) is 28.5 Å². The lowest BCUT2D eigenvalue weighted by atomic mass is 10.1. The van der Waals surface area contributed by atoms with Gasteiger partial charge in [0.1, 0.15) is 23.3 Å². The standard InChI is InChI=1S/C20H23N5O3S/c1-5-12(2)23-16-9-18(25-20-19(16)13(10-21)11-22-20)24-15-7-6-14(29(4,26)27)8-17(15)28-3/h6-9,11-12H,5H2,1-4H3,(H3,22,23,24,25). The van der Waals surface area contributed by atoms with E-state index >= 15 is 0 Å². The van der Waals surface area contributed by atoms with Crippen LogP contribution in [0.4, 0.5) is 17.2 Å². The molecular formula is C20H23N5O3S. The van der Waals surface area contributed by atoms with Gasteiger partial charge < -0.3 is 20.4 Å². The van der Waals surface area contributed by atoms with E-state index in [1.54, 1.807) is 12.3 Å². The molecule has 152 valence electrons. The van der Waals surface area contributed by atoms with Crippen LogP contribution in [-0.4, -0.2) is 37.8 Å². The van der Waals surface area contributed by atoms with Crippen LogP contribution in [0.3, 0.4) is 0 Å². The second-order valence-electron chi connectivity index (χ2n) is 6.81. The van der Waals surface area contributed by atoms with Gasteiger partial charge in [0.05, 0.1) is 34.3 Å². The van der Waals surface area contributed by atoms with Crippen molar-refractivity contribution < 1.29 is 13.2 Å². The molecule has 0 saturated heterocycles. The van der Waals surface area contributed by atoms with Crippen LogP contribution in [0.15, 0.2) is 35.4 Å². The molecule has 1 aromatic carbocycles. The van der Waals surface area contributed by atoms with E-state index in [1.165, 1.54) is 19.2 Å². The molecule has 2 aromatic heterocycles. The van der Waals surface area contributed by atoms with Gasteiger partial charge in [-0.15, -0.1) is 0 Å². The molecule has 8 nitrogen and oxygen atoms in total. The minimum Gasteiger partial charge on any atom is -0.495 e. The number of pyridine rings is 1. The van der Waals surface area contributed by atoms with E-state index in [1.807, 2.05) is 6.07 Å². The number of benzene rings is 1. The molecule has 3 aromatic rings. The average Bonchev–Trinajstić information content (AvgIpc) is 3.10. The van der Waals surface area contributed by atoms with E-state index in [-0.39, 0.29) is 10.9 Å². The van der Waals surface area contributed by atoms with Crippen LogP contribution in [0.2, 0.25) is 0 Å². The Morgan fingerprint density at radius 3 is 2.69 bits per heavy atom. The first-order valence-electron chi connectivity index (χ1n) is 9.10. The second-order valence-corrected chi connectivity index (χ2v) is 8.82. The van der Waals surface area contributed by atoms with Gasteiger partial charge in [0.15, 0.2) is 9.84 Å². The summed E-state index contributed by atoms with van der Waals surface area (Å²) in [5.41, 5.74) is 2.45. The largest absolute Gasteiger partial charge is 0.495 e. The van der Waals surface area contributed by atoms with Gasteiger partial charge in [-0.2, -0.15) is 5.26 Å². The van der Waals surface area contributed by atoms with E-state index in [4.69, 9.17) is 4.74 Å². The zero-order valence-corrected chi connectivity index (χ0v) is 17.5. The lowest BCUT2D eigenvalue weighted by molar-refractivity contribution is 0.415. The maximum Gasteiger partial charge on any atom is 0.175 e. The van der Waals surface area contributed by atoms with Crippen molar-refractivity contribution in [3.05, 3.63) is 36.0 Å². The fourth-order valence-electron chi connectivity index (χ4n) is 2.91. The third kappa shape index (κ3) is 4.27. The van der Waals surface area contributed by atoms with Gasteiger partial charge in [-0.1, -0.05) is 6.92 Å². The summed E-state index contributed by atoms with van der Waals surface area (Å²) < 4.78 is 28.9. The van der Waals surface area contributed by atoms with Crippen LogP contribution >= 0.6 is 0 Å². The monoisotopic (exact) mass is 413 g/mol. The number of nitriles is 1. The Labute approximate surface area is 169 Å². The summed E-state index contributed by atoms with van der Waals surface area (Å²) in [4.78, 5) is 7.75. The maximum absolute atomic E-state index is 11.8. The van der Waals surface area contributed by atoms with Gasteiger partial charge in [-0.3, -0.25) is 0 Å². The number of aromatic nitrogens is 2. The van der Waals surface area contributed by atoms with Crippen molar-refractivity contribution in [2.45, 2.75) is 31.2 Å². The lowest BCUT2D eigenvalue weighted by Crippen LogP contribution is -2.14. The molecule has 3 N–H and O–H groups in total. The first-order chi connectivity index (χ1) is 13.8. The molecule has 9 heteroatoms. The normalized spacial score (nSPS) is 12.4. The first kappa shape index (κ1) is 20.5. The highest BCUT2D eigenvalue weighted by Gasteiger charge is 2.16. The molecule has 0 aliphatic heterocycles. The van der Waals surface area contributed by atoms with Crippen LogP contribution in [0.1, 0.15) is 25.8 Å². The molecule has 0 bridgehead atoms. The predicted molar refractivity (Wildman–Crippen MR) is 114 cm³/mol. The molecule has 2 heterocycles. The van der Waals surface area contributed by atoms with Gasteiger partial charge >= 0.3 is 0 Å². The molecule has 29 heavy (non-hydrogen) atoms. The Morgan fingerprint density at radius 1 is 1.31 bits per heavy atom. The molecule has 1 unspecified atom stereocenters. The SMILES string of the molecule is CCC(C)Nc1cc(Nc2ccc(S(C)(=O)=O)cc2OC)nc2[nH]cc(C#N)c12. The Morgan fingerprint density at radius 2 is 2.07 bits per heavy atom. The Balaban J connectivity index is 2.06. The smallest absolute Gasteiger partial charge is 0.175 e. The number of ether oxygens (including phenoxy) is 1. The highest BCUT2D eigenvalue weighted by molar-refractivity contribution is 7.90. The number of nitrogens with one attached hydrogen (secondary N) is 3. The van der Waals surface area contributed by atoms with Gasteiger partial charge in [0.25, 0.3) is 0 Å². The molecule has 0 aliphatic carbocycles. The van der Waals surface area contributed by atoms with Crippen LogP contribution in [0.5, 0.6) is 5.75 Å². The van der Waals surface area contributed by atoms with E-state index < -0.39 is 9.84 Å². The summed E-state index contributed by atoms with van der Waals surface area (Å²) in [6.45, 7) is 4.14. The van der Waals surface area contributed by atoms with Gasteiger partial charge in [-0.05, 0) is 25.5 Å². The fourth-order valence-corrected chi connectivity index (χ4v) is 3.55. The highest BCUT2D eigenvalue weighted by atomic mass is 32.2. The predicted octanol–water partition coefficient (Wildman–Crippen LogP) is 3.80. The van der Waals surface area contributed by atoms with E-state index in [0.717, 1.165) is 23.8 Å². The second kappa shape index (κ2) is 8.01. The van der Waals surface area contributed by atoms with Gasteiger partial charge in [-0.25, -0.2) is 13.4 Å². The van der Waals surface area contributed by atoms with Gasteiger partial charge in [0, 0.05) is 30.6 Å². The Kier molecular flexibility index (Phi) is 5.66. The van der Waals surface area contributed by atoms with E-state index in [9.17, 15) is 13.7 Å². The molecule has 0 amide bonds. The fraction of sp³-hybridized carbons (Fsp3) is 0.300. The Hall–Kier alpha value is -3.25. The number of anilines is 3. The summed E-state index contributed by atoms with van der Waals surface area (Å²) >= 11 is 0. The molecule has 0 fully saturated rings. The highest BCUT2D eigenvalue weighted by Crippen LogP contribution is 2.33. The molecule has 3 rings (SSSR count). The van der Waals surface area contributed by atoms with Crippen molar-refractivity contribution in [3.63, 3.8) is 0 Å². The Bertz CT molecular complexity index is 1190. The number of hydrogen-bond donors (Lipinski definition) is 3. The number of nitrogens with zero attached hydrogens (tertiary/aromatic N) is 2. The van der Waals surface area contributed by atoms with Crippen molar-refractivity contribution in [1.29, 1.82) is 5.26 Å². The summed E-state index contributed by atoms with van der Waals surface area (Å²) in [6.07, 6.45) is 3.69. The molecule has 0 aliphatic rings. The first-order valence-corrected chi connectivity index (χ1v) is 11.0. The number of H-pyrrole nitrogens is 1. The number of hydrogen-bond acceptors (Lipinski definition) is 7. The molecule has 1 atom stereocenters. The topological polar surface area (TPSA) is 120 Å². The molecule has 0 saturated carbocycles. The van der Waals surface area contributed by atoms with E-state index in [2.05, 4.69) is 40.5 Å².